The standard InChI is InChI=1S/C22H22N4O3S2/c1-14(2)11-26-19(18-5-4-10-29-18)24-25-22(26)31-13-17-12-30-20(23-17)15-6-8-16(9-7-15)21(27)28-3/h4-10,12,14H,11,13H2,1-3H3. The molecule has 0 amide bonds. The van der Waals surface area contributed by atoms with Gasteiger partial charge in [-0.15, -0.1) is 21.5 Å². The van der Waals surface area contributed by atoms with Gasteiger partial charge in [-0.05, 0) is 30.2 Å². The summed E-state index contributed by atoms with van der Waals surface area (Å²) in [5.74, 6) is 2.24. The van der Waals surface area contributed by atoms with E-state index >= 15 is 0 Å². The second-order valence-corrected chi connectivity index (χ2v) is 9.09. The number of thioether (sulfide) groups is 1. The lowest BCUT2D eigenvalue weighted by Crippen LogP contribution is -2.07. The third-order valence-electron chi connectivity index (χ3n) is 4.46. The first kappa shape index (κ1) is 21.3. The minimum Gasteiger partial charge on any atom is -0.465 e. The van der Waals surface area contributed by atoms with Crippen molar-refractivity contribution in [2.45, 2.75) is 31.3 Å². The van der Waals surface area contributed by atoms with Gasteiger partial charge in [0, 0.05) is 23.2 Å². The minimum atomic E-state index is -0.345. The lowest BCUT2D eigenvalue weighted by molar-refractivity contribution is 0.0600. The van der Waals surface area contributed by atoms with Crippen LogP contribution in [0, 0.1) is 5.92 Å². The number of methoxy groups -OCH3 is 1. The highest BCUT2D eigenvalue weighted by Crippen LogP contribution is 2.30. The number of esters is 1. The summed E-state index contributed by atoms with van der Waals surface area (Å²) in [4.78, 5) is 16.3. The number of rotatable bonds is 8. The monoisotopic (exact) mass is 454 g/mol. The van der Waals surface area contributed by atoms with Gasteiger partial charge in [0.05, 0.1) is 24.6 Å². The van der Waals surface area contributed by atoms with Crippen LogP contribution in [0.25, 0.3) is 22.2 Å². The lowest BCUT2D eigenvalue weighted by Gasteiger charge is -2.11. The Labute approximate surface area is 188 Å². The number of nitrogens with zero attached hydrogens (tertiary/aromatic N) is 4. The van der Waals surface area contributed by atoms with Crippen LogP contribution in [0.1, 0.15) is 29.9 Å². The van der Waals surface area contributed by atoms with Crippen molar-refractivity contribution >= 4 is 29.1 Å². The fraction of sp³-hybridized carbons (Fsp3) is 0.273. The zero-order valence-electron chi connectivity index (χ0n) is 17.4. The van der Waals surface area contributed by atoms with E-state index in [1.807, 2.05) is 29.6 Å². The first-order chi connectivity index (χ1) is 15.0. The molecular formula is C22H22N4O3S2. The number of carbonyl (C=O) groups is 1. The van der Waals surface area contributed by atoms with Gasteiger partial charge in [0.1, 0.15) is 5.01 Å². The van der Waals surface area contributed by atoms with E-state index in [1.54, 1.807) is 41.5 Å². The Morgan fingerprint density at radius 1 is 1.23 bits per heavy atom. The Balaban J connectivity index is 1.48. The van der Waals surface area contributed by atoms with Crippen LogP contribution in [0.15, 0.2) is 57.6 Å². The maximum Gasteiger partial charge on any atom is 0.337 e. The van der Waals surface area contributed by atoms with Crippen LogP contribution >= 0.6 is 23.1 Å². The molecule has 0 saturated carbocycles. The molecule has 9 heteroatoms. The number of hydrogen-bond donors (Lipinski definition) is 0. The van der Waals surface area contributed by atoms with E-state index in [1.165, 1.54) is 7.11 Å². The molecule has 0 bridgehead atoms. The molecule has 0 spiro atoms. The molecule has 0 atom stereocenters. The summed E-state index contributed by atoms with van der Waals surface area (Å²) < 4.78 is 12.4. The van der Waals surface area contributed by atoms with Crippen LogP contribution < -0.4 is 0 Å². The largest absolute Gasteiger partial charge is 0.465 e. The quantitative estimate of drug-likeness (QED) is 0.260. The maximum atomic E-state index is 11.6. The predicted octanol–water partition coefficient (Wildman–Crippen LogP) is 5.40. The Bertz CT molecular complexity index is 1150. The number of furan rings is 1. The van der Waals surface area contributed by atoms with Crippen molar-refractivity contribution in [3.05, 3.63) is 59.3 Å². The van der Waals surface area contributed by atoms with Gasteiger partial charge in [-0.25, -0.2) is 9.78 Å². The molecule has 0 saturated heterocycles. The van der Waals surface area contributed by atoms with E-state index in [-0.39, 0.29) is 5.97 Å². The lowest BCUT2D eigenvalue weighted by atomic mass is 10.1. The number of ether oxygens (including phenoxy) is 1. The van der Waals surface area contributed by atoms with E-state index in [0.29, 0.717) is 23.0 Å². The molecule has 1 aromatic carbocycles. The Hall–Kier alpha value is -2.91. The van der Waals surface area contributed by atoms with Gasteiger partial charge in [0.15, 0.2) is 16.7 Å². The molecule has 160 valence electrons. The van der Waals surface area contributed by atoms with E-state index in [4.69, 9.17) is 14.1 Å². The summed E-state index contributed by atoms with van der Waals surface area (Å²) in [6.45, 7) is 5.14. The van der Waals surface area contributed by atoms with Crippen LogP contribution in [0.3, 0.4) is 0 Å². The SMILES string of the molecule is COC(=O)c1ccc(-c2nc(CSc3nnc(-c4ccco4)n3CC(C)C)cs2)cc1. The first-order valence-electron chi connectivity index (χ1n) is 9.78. The smallest absolute Gasteiger partial charge is 0.337 e. The molecule has 0 aliphatic rings. The van der Waals surface area contributed by atoms with Gasteiger partial charge < -0.3 is 9.15 Å². The molecule has 31 heavy (non-hydrogen) atoms. The van der Waals surface area contributed by atoms with Crippen LogP contribution in [0.2, 0.25) is 0 Å². The van der Waals surface area contributed by atoms with E-state index in [2.05, 4.69) is 28.6 Å². The minimum absolute atomic E-state index is 0.345. The summed E-state index contributed by atoms with van der Waals surface area (Å²) in [6, 6.07) is 11.0. The van der Waals surface area contributed by atoms with Crippen molar-refractivity contribution in [2.75, 3.05) is 7.11 Å². The number of hydrogen-bond acceptors (Lipinski definition) is 8. The molecule has 4 rings (SSSR count). The third-order valence-corrected chi connectivity index (χ3v) is 6.40. The Morgan fingerprint density at radius 3 is 2.71 bits per heavy atom. The average Bonchev–Trinajstić information content (AvgIpc) is 3.52. The second-order valence-electron chi connectivity index (χ2n) is 7.29. The number of carbonyl (C=O) groups excluding carboxylic acids is 1. The number of aromatic nitrogens is 4. The van der Waals surface area contributed by atoms with Gasteiger partial charge in [-0.2, -0.15) is 0 Å². The van der Waals surface area contributed by atoms with E-state index in [0.717, 1.165) is 33.8 Å². The van der Waals surface area contributed by atoms with Crippen molar-refractivity contribution in [1.29, 1.82) is 0 Å². The zero-order valence-corrected chi connectivity index (χ0v) is 19.1. The predicted molar refractivity (Wildman–Crippen MR) is 121 cm³/mol. The number of benzene rings is 1. The van der Waals surface area contributed by atoms with Crippen LogP contribution in [-0.2, 0) is 17.0 Å². The van der Waals surface area contributed by atoms with Gasteiger partial charge in [-0.1, -0.05) is 37.7 Å². The normalized spacial score (nSPS) is 11.2. The molecule has 3 heterocycles. The van der Waals surface area contributed by atoms with Crippen LogP contribution in [0.5, 0.6) is 0 Å². The molecule has 0 aliphatic carbocycles. The van der Waals surface area contributed by atoms with Crippen molar-refractivity contribution in [3.63, 3.8) is 0 Å². The third kappa shape index (κ3) is 4.88. The van der Waals surface area contributed by atoms with Gasteiger partial charge in [0.25, 0.3) is 0 Å². The van der Waals surface area contributed by atoms with Crippen LogP contribution in [-0.4, -0.2) is 32.8 Å². The van der Waals surface area contributed by atoms with Gasteiger partial charge in [0.2, 0.25) is 0 Å². The molecule has 7 nitrogen and oxygen atoms in total. The maximum absolute atomic E-state index is 11.6. The zero-order chi connectivity index (χ0) is 21.8. The molecule has 0 fully saturated rings. The molecule has 4 aromatic rings. The highest BCUT2D eigenvalue weighted by molar-refractivity contribution is 7.98. The highest BCUT2D eigenvalue weighted by Gasteiger charge is 2.18. The van der Waals surface area contributed by atoms with Crippen LogP contribution in [0.4, 0.5) is 0 Å². The van der Waals surface area contributed by atoms with Gasteiger partial charge in [-0.3, -0.25) is 4.57 Å². The van der Waals surface area contributed by atoms with Crippen molar-refractivity contribution in [1.82, 2.24) is 19.7 Å². The van der Waals surface area contributed by atoms with Crippen molar-refractivity contribution < 1.29 is 13.9 Å². The average molecular weight is 455 g/mol. The topological polar surface area (TPSA) is 83.0 Å². The molecular weight excluding hydrogens is 432 g/mol. The van der Waals surface area contributed by atoms with Crippen molar-refractivity contribution in [2.24, 2.45) is 5.92 Å². The molecule has 0 unspecified atom stereocenters. The fourth-order valence-corrected chi connectivity index (χ4v) is 4.80. The molecule has 0 radical (unpaired) electrons. The summed E-state index contributed by atoms with van der Waals surface area (Å²) in [5.41, 5.74) is 2.47. The summed E-state index contributed by atoms with van der Waals surface area (Å²) >= 11 is 3.19. The Morgan fingerprint density at radius 2 is 2.03 bits per heavy atom. The van der Waals surface area contributed by atoms with E-state index < -0.39 is 0 Å². The molecule has 0 N–H and O–H groups in total. The molecule has 3 aromatic heterocycles. The number of thiazole rings is 1. The van der Waals surface area contributed by atoms with Gasteiger partial charge >= 0.3 is 5.97 Å². The molecule has 0 aliphatic heterocycles. The second kappa shape index (κ2) is 9.49. The summed E-state index contributed by atoms with van der Waals surface area (Å²) in [6.07, 6.45) is 1.64. The fourth-order valence-electron chi connectivity index (χ4n) is 3.02. The summed E-state index contributed by atoms with van der Waals surface area (Å²) in [7, 11) is 1.38. The highest BCUT2D eigenvalue weighted by atomic mass is 32.2. The van der Waals surface area contributed by atoms with E-state index in [9.17, 15) is 4.79 Å². The first-order valence-corrected chi connectivity index (χ1v) is 11.6. The summed E-state index contributed by atoms with van der Waals surface area (Å²) in [5, 5.41) is 12.5. The Kier molecular flexibility index (Phi) is 6.53. The van der Waals surface area contributed by atoms with Crippen molar-refractivity contribution in [3.8, 4) is 22.2 Å².